The van der Waals surface area contributed by atoms with E-state index in [1.165, 1.54) is 70.6 Å². The highest BCUT2D eigenvalue weighted by Crippen LogP contribution is 2.61. The molecule has 0 aromatic heterocycles. The SMILES string of the molecule is CCCCC[P+](CCCC)(CCCCC)CCCCC. The maximum atomic E-state index is 2.37. The van der Waals surface area contributed by atoms with Gasteiger partial charge in [0.05, 0.1) is 24.6 Å². The van der Waals surface area contributed by atoms with Crippen LogP contribution >= 0.6 is 7.26 Å². The van der Waals surface area contributed by atoms with Crippen molar-refractivity contribution < 1.29 is 0 Å². The van der Waals surface area contributed by atoms with Gasteiger partial charge in [-0.15, -0.1) is 0 Å². The first-order chi connectivity index (χ1) is 9.74. The van der Waals surface area contributed by atoms with E-state index in [0.29, 0.717) is 0 Å². The van der Waals surface area contributed by atoms with Crippen molar-refractivity contribution in [3.05, 3.63) is 0 Å². The molecule has 0 rings (SSSR count). The van der Waals surface area contributed by atoms with Crippen LogP contribution in [0.4, 0.5) is 0 Å². The third kappa shape index (κ3) is 10.2. The second kappa shape index (κ2) is 14.4. The number of hydrogen-bond donors (Lipinski definition) is 0. The van der Waals surface area contributed by atoms with Gasteiger partial charge in [-0.1, -0.05) is 72.6 Å². The lowest BCUT2D eigenvalue weighted by atomic mass is 10.3. The topological polar surface area (TPSA) is 0 Å². The summed E-state index contributed by atoms with van der Waals surface area (Å²) in [5.41, 5.74) is 0. The molecule has 0 aliphatic heterocycles. The summed E-state index contributed by atoms with van der Waals surface area (Å²) >= 11 is 0. The van der Waals surface area contributed by atoms with Crippen LogP contribution in [0.15, 0.2) is 0 Å². The minimum absolute atomic E-state index is 0.602. The Kier molecular flexibility index (Phi) is 14.7. The molecule has 0 saturated carbocycles. The van der Waals surface area contributed by atoms with Crippen LogP contribution in [-0.2, 0) is 0 Å². The van der Waals surface area contributed by atoms with Crippen molar-refractivity contribution in [1.29, 1.82) is 0 Å². The third-order valence-electron chi connectivity index (χ3n) is 4.69. The molecular formula is C19H42P+. The fraction of sp³-hybridized carbons (Fsp3) is 1.00. The minimum atomic E-state index is -0.602. The molecule has 0 aromatic rings. The smallest absolute Gasteiger partial charge is 0.0594 e. The number of rotatable bonds is 15. The van der Waals surface area contributed by atoms with E-state index < -0.39 is 7.26 Å². The van der Waals surface area contributed by atoms with Crippen LogP contribution in [0, 0.1) is 0 Å². The van der Waals surface area contributed by atoms with Crippen molar-refractivity contribution in [3.63, 3.8) is 0 Å². The monoisotopic (exact) mass is 301 g/mol. The standard InChI is InChI=1S/C19H42P/c1-5-9-13-17-20(16-12-8-4,18-14-10-6-2)19-15-11-7-3/h5-19H2,1-4H3/q+1. The van der Waals surface area contributed by atoms with E-state index >= 15 is 0 Å². The molecule has 0 aromatic carbocycles. The number of hydrogen-bond acceptors (Lipinski definition) is 0. The average Bonchev–Trinajstić information content (AvgIpc) is 2.46. The molecule has 0 unspecified atom stereocenters. The van der Waals surface area contributed by atoms with Crippen molar-refractivity contribution in [2.75, 3.05) is 24.6 Å². The van der Waals surface area contributed by atoms with Crippen molar-refractivity contribution in [2.24, 2.45) is 0 Å². The molecule has 0 amide bonds. The molecule has 122 valence electrons. The zero-order valence-corrected chi connectivity index (χ0v) is 15.9. The van der Waals surface area contributed by atoms with E-state index in [1.807, 2.05) is 0 Å². The molecule has 0 bridgehead atoms. The van der Waals surface area contributed by atoms with E-state index in [2.05, 4.69) is 27.7 Å². The molecule has 20 heavy (non-hydrogen) atoms. The van der Waals surface area contributed by atoms with Crippen LogP contribution in [0.1, 0.15) is 98.3 Å². The Morgan fingerprint density at radius 2 is 0.700 bits per heavy atom. The van der Waals surface area contributed by atoms with E-state index in [0.717, 1.165) is 0 Å². The van der Waals surface area contributed by atoms with Crippen LogP contribution in [0.5, 0.6) is 0 Å². The lowest BCUT2D eigenvalue weighted by Crippen LogP contribution is -2.13. The summed E-state index contributed by atoms with van der Waals surface area (Å²) in [6.45, 7) is 9.42. The van der Waals surface area contributed by atoms with Gasteiger partial charge in [-0.2, -0.15) is 0 Å². The molecule has 0 atom stereocenters. The fourth-order valence-corrected chi connectivity index (χ4v) is 8.27. The molecule has 0 aliphatic rings. The maximum absolute atomic E-state index is 2.37. The predicted molar refractivity (Wildman–Crippen MR) is 99.9 cm³/mol. The second-order valence-corrected chi connectivity index (χ2v) is 11.2. The summed E-state index contributed by atoms with van der Waals surface area (Å²) in [5, 5.41) is 0. The van der Waals surface area contributed by atoms with Crippen molar-refractivity contribution in [1.82, 2.24) is 0 Å². The van der Waals surface area contributed by atoms with Crippen molar-refractivity contribution in [3.8, 4) is 0 Å². The van der Waals surface area contributed by atoms with Gasteiger partial charge in [0.2, 0.25) is 0 Å². The highest BCUT2D eigenvalue weighted by atomic mass is 31.2. The Labute approximate surface area is 130 Å². The summed E-state index contributed by atoms with van der Waals surface area (Å²) in [6.07, 6.45) is 22.5. The minimum Gasteiger partial charge on any atom is -0.0654 e. The maximum Gasteiger partial charge on any atom is 0.0594 e. The molecule has 1 heteroatoms. The zero-order valence-electron chi connectivity index (χ0n) is 15.1. The molecule has 0 spiro atoms. The van der Waals surface area contributed by atoms with Gasteiger partial charge in [-0.25, -0.2) is 0 Å². The van der Waals surface area contributed by atoms with Crippen LogP contribution in [0.3, 0.4) is 0 Å². The Bertz CT molecular complexity index is 162. The molecule has 0 heterocycles. The van der Waals surface area contributed by atoms with Gasteiger partial charge < -0.3 is 0 Å². The third-order valence-corrected chi connectivity index (χ3v) is 9.75. The molecule has 0 aliphatic carbocycles. The van der Waals surface area contributed by atoms with E-state index in [1.54, 1.807) is 24.6 Å². The Morgan fingerprint density at radius 3 is 1.00 bits per heavy atom. The van der Waals surface area contributed by atoms with Crippen molar-refractivity contribution >= 4 is 7.26 Å². The zero-order chi connectivity index (χ0) is 15.1. The van der Waals surface area contributed by atoms with Gasteiger partial charge in [-0.05, 0) is 25.7 Å². The number of unbranched alkanes of at least 4 members (excludes halogenated alkanes) is 7. The van der Waals surface area contributed by atoms with E-state index in [-0.39, 0.29) is 0 Å². The van der Waals surface area contributed by atoms with E-state index in [4.69, 9.17) is 0 Å². The van der Waals surface area contributed by atoms with Crippen LogP contribution in [0.25, 0.3) is 0 Å². The highest BCUT2D eigenvalue weighted by Gasteiger charge is 2.34. The average molecular weight is 302 g/mol. The molecule has 0 radical (unpaired) electrons. The summed E-state index contributed by atoms with van der Waals surface area (Å²) in [4.78, 5) is 0. The molecular weight excluding hydrogens is 259 g/mol. The summed E-state index contributed by atoms with van der Waals surface area (Å²) < 4.78 is 0. The molecule has 0 nitrogen and oxygen atoms in total. The van der Waals surface area contributed by atoms with Gasteiger partial charge in [0.1, 0.15) is 0 Å². The lowest BCUT2D eigenvalue weighted by Gasteiger charge is -2.28. The Hall–Kier alpha value is 0.430. The first kappa shape index (κ1) is 20.4. The molecule has 0 saturated heterocycles. The normalized spacial score (nSPS) is 12.0. The largest absolute Gasteiger partial charge is 0.0654 e. The highest BCUT2D eigenvalue weighted by molar-refractivity contribution is 7.75. The quantitative estimate of drug-likeness (QED) is 0.219. The summed E-state index contributed by atoms with van der Waals surface area (Å²) in [5.74, 6) is 0. The Balaban J connectivity index is 4.48. The fourth-order valence-electron chi connectivity index (χ4n) is 3.26. The van der Waals surface area contributed by atoms with Gasteiger partial charge in [0.15, 0.2) is 0 Å². The Morgan fingerprint density at radius 1 is 0.400 bits per heavy atom. The second-order valence-electron chi connectivity index (χ2n) is 6.71. The molecule has 0 fully saturated rings. The van der Waals surface area contributed by atoms with E-state index in [9.17, 15) is 0 Å². The van der Waals surface area contributed by atoms with Gasteiger partial charge in [0, 0.05) is 7.26 Å². The van der Waals surface area contributed by atoms with Crippen LogP contribution in [-0.4, -0.2) is 24.6 Å². The van der Waals surface area contributed by atoms with Crippen molar-refractivity contribution in [2.45, 2.75) is 98.3 Å². The summed E-state index contributed by atoms with van der Waals surface area (Å²) in [6, 6.07) is 0. The van der Waals surface area contributed by atoms with Gasteiger partial charge in [0.25, 0.3) is 0 Å². The van der Waals surface area contributed by atoms with Gasteiger partial charge >= 0.3 is 0 Å². The summed E-state index contributed by atoms with van der Waals surface area (Å²) in [7, 11) is -0.602. The predicted octanol–water partition coefficient (Wildman–Crippen LogP) is 7.37. The van der Waals surface area contributed by atoms with Crippen LogP contribution < -0.4 is 0 Å². The lowest BCUT2D eigenvalue weighted by molar-refractivity contribution is 0.737. The van der Waals surface area contributed by atoms with Gasteiger partial charge in [-0.3, -0.25) is 0 Å². The van der Waals surface area contributed by atoms with Crippen LogP contribution in [0.2, 0.25) is 0 Å². The first-order valence-corrected chi connectivity index (χ1v) is 12.1. The first-order valence-electron chi connectivity index (χ1n) is 9.59. The molecule has 0 N–H and O–H groups in total.